The number of rotatable bonds is 4. The van der Waals surface area contributed by atoms with E-state index in [9.17, 15) is 4.79 Å². The normalized spacial score (nSPS) is 12.4. The van der Waals surface area contributed by atoms with Crippen LogP contribution < -0.4 is 0 Å². The Kier molecular flexibility index (Phi) is 4.58. The molecular weight excluding hydrogens is 202 g/mol. The molecule has 0 bridgehead atoms. The molecule has 0 aromatic heterocycles. The largest absolute Gasteiger partial charge is 0.474 e. The van der Waals surface area contributed by atoms with E-state index in [4.69, 9.17) is 4.74 Å². The lowest BCUT2D eigenvalue weighted by atomic mass is 10.2. The van der Waals surface area contributed by atoms with Crippen LogP contribution in [0.1, 0.15) is 25.6 Å². The first kappa shape index (κ1) is 12.3. The smallest absolute Gasteiger partial charge is 0.222 e. The number of carbonyl (C=O) groups excluding carboxylic acids is 1. The molecule has 0 aliphatic carbocycles. The van der Waals surface area contributed by atoms with Crippen LogP contribution in [-0.4, -0.2) is 17.9 Å². The maximum absolute atomic E-state index is 11.3. The molecule has 0 aliphatic rings. The van der Waals surface area contributed by atoms with Crippen LogP contribution in [0.5, 0.6) is 0 Å². The predicted octanol–water partition coefficient (Wildman–Crippen LogP) is 2.71. The van der Waals surface area contributed by atoms with Crippen molar-refractivity contribution in [2.45, 2.75) is 20.1 Å². The van der Waals surface area contributed by atoms with Gasteiger partial charge in [0.25, 0.3) is 0 Å². The average molecular weight is 219 g/mol. The van der Waals surface area contributed by atoms with Crippen LogP contribution in [0.25, 0.3) is 0 Å². The summed E-state index contributed by atoms with van der Waals surface area (Å²) in [5.41, 5.74) is 0.957. The number of hydrogen-bond donors (Lipinski definition) is 0. The molecule has 0 saturated carbocycles. The minimum atomic E-state index is -0.366. The summed E-state index contributed by atoms with van der Waals surface area (Å²) in [5.74, 6) is -0.0293. The van der Waals surface area contributed by atoms with Crippen LogP contribution in [0.2, 0.25) is 0 Å². The van der Waals surface area contributed by atoms with Gasteiger partial charge in [0.05, 0.1) is 6.26 Å². The zero-order valence-electron chi connectivity index (χ0n) is 9.88. The molecule has 3 nitrogen and oxygen atoms in total. The lowest BCUT2D eigenvalue weighted by molar-refractivity contribution is -0.137. The topological polar surface area (TPSA) is 29.5 Å². The lowest BCUT2D eigenvalue weighted by Crippen LogP contribution is -2.29. The van der Waals surface area contributed by atoms with Gasteiger partial charge >= 0.3 is 0 Å². The predicted molar refractivity (Wildman–Crippen MR) is 63.5 cm³/mol. The SMILES string of the molecule is C/C=C/OC(c1ccccc1)N(C)C(C)=O. The molecule has 0 radical (unpaired) electrons. The van der Waals surface area contributed by atoms with Crippen LogP contribution in [0.4, 0.5) is 0 Å². The highest BCUT2D eigenvalue weighted by Crippen LogP contribution is 2.20. The van der Waals surface area contributed by atoms with Gasteiger partial charge in [-0.15, -0.1) is 0 Å². The zero-order chi connectivity index (χ0) is 12.0. The third-order valence-electron chi connectivity index (χ3n) is 2.28. The van der Waals surface area contributed by atoms with Crippen LogP contribution in [-0.2, 0) is 9.53 Å². The molecule has 0 aliphatic heterocycles. The molecule has 3 heteroatoms. The first-order valence-corrected chi connectivity index (χ1v) is 5.21. The van der Waals surface area contributed by atoms with Gasteiger partial charge in [0.1, 0.15) is 0 Å². The van der Waals surface area contributed by atoms with Gasteiger partial charge in [-0.25, -0.2) is 0 Å². The third-order valence-corrected chi connectivity index (χ3v) is 2.28. The Morgan fingerprint density at radius 2 is 2.00 bits per heavy atom. The Bertz CT molecular complexity index is 359. The van der Waals surface area contributed by atoms with Crippen LogP contribution >= 0.6 is 0 Å². The molecule has 0 N–H and O–H groups in total. The molecule has 1 rings (SSSR count). The minimum absolute atomic E-state index is 0.0293. The first-order chi connectivity index (χ1) is 7.66. The van der Waals surface area contributed by atoms with Crippen molar-refractivity contribution in [3.8, 4) is 0 Å². The van der Waals surface area contributed by atoms with Gasteiger partial charge in [-0.3, -0.25) is 4.79 Å². The van der Waals surface area contributed by atoms with Crippen molar-refractivity contribution in [1.82, 2.24) is 4.90 Å². The van der Waals surface area contributed by atoms with E-state index in [1.165, 1.54) is 6.92 Å². The molecule has 16 heavy (non-hydrogen) atoms. The van der Waals surface area contributed by atoms with Gasteiger partial charge in [0.15, 0.2) is 6.23 Å². The summed E-state index contributed by atoms with van der Waals surface area (Å²) in [4.78, 5) is 12.9. The van der Waals surface area contributed by atoms with Crippen molar-refractivity contribution in [2.24, 2.45) is 0 Å². The molecule has 1 aromatic carbocycles. The van der Waals surface area contributed by atoms with Gasteiger partial charge in [0, 0.05) is 19.5 Å². The molecule has 0 saturated heterocycles. The van der Waals surface area contributed by atoms with Gasteiger partial charge in [-0.2, -0.15) is 0 Å². The number of hydrogen-bond acceptors (Lipinski definition) is 2. The summed E-state index contributed by atoms with van der Waals surface area (Å²) in [6, 6.07) is 9.66. The molecule has 0 spiro atoms. The van der Waals surface area contributed by atoms with Gasteiger partial charge in [0.2, 0.25) is 5.91 Å². The minimum Gasteiger partial charge on any atom is -0.474 e. The zero-order valence-corrected chi connectivity index (χ0v) is 9.88. The number of allylic oxidation sites excluding steroid dienone is 1. The highest BCUT2D eigenvalue weighted by molar-refractivity contribution is 5.73. The second-order valence-electron chi connectivity index (χ2n) is 3.50. The second-order valence-corrected chi connectivity index (χ2v) is 3.50. The molecular formula is C13H17NO2. The van der Waals surface area contributed by atoms with E-state index >= 15 is 0 Å². The molecule has 1 amide bonds. The van der Waals surface area contributed by atoms with E-state index < -0.39 is 0 Å². The Balaban J connectivity index is 2.91. The summed E-state index contributed by atoms with van der Waals surface area (Å²) in [7, 11) is 1.73. The van der Waals surface area contributed by atoms with Crippen molar-refractivity contribution in [3.05, 3.63) is 48.2 Å². The first-order valence-electron chi connectivity index (χ1n) is 5.21. The van der Waals surface area contributed by atoms with E-state index in [-0.39, 0.29) is 12.1 Å². The Labute approximate surface area is 96.3 Å². The number of carbonyl (C=O) groups is 1. The van der Waals surface area contributed by atoms with E-state index in [2.05, 4.69) is 0 Å². The molecule has 1 atom stereocenters. The number of benzene rings is 1. The average Bonchev–Trinajstić information content (AvgIpc) is 2.30. The Hall–Kier alpha value is -1.77. The summed E-state index contributed by atoms with van der Waals surface area (Å²) < 4.78 is 5.52. The van der Waals surface area contributed by atoms with Crippen molar-refractivity contribution in [3.63, 3.8) is 0 Å². The Morgan fingerprint density at radius 3 is 2.50 bits per heavy atom. The van der Waals surface area contributed by atoms with Gasteiger partial charge < -0.3 is 9.64 Å². The standard InChI is InChI=1S/C13H17NO2/c1-4-10-16-13(14(3)11(2)15)12-8-6-5-7-9-12/h4-10,13H,1-3H3/b10-4+. The van der Waals surface area contributed by atoms with Crippen LogP contribution in [0.3, 0.4) is 0 Å². The maximum atomic E-state index is 11.3. The molecule has 1 unspecified atom stereocenters. The lowest BCUT2D eigenvalue weighted by Gasteiger charge is -2.26. The summed E-state index contributed by atoms with van der Waals surface area (Å²) in [6.07, 6.45) is 3.02. The van der Waals surface area contributed by atoms with E-state index in [1.807, 2.05) is 37.3 Å². The van der Waals surface area contributed by atoms with Crippen molar-refractivity contribution < 1.29 is 9.53 Å². The fourth-order valence-electron chi connectivity index (χ4n) is 1.33. The fraction of sp³-hybridized carbons (Fsp3) is 0.308. The monoisotopic (exact) mass is 219 g/mol. The number of nitrogens with zero attached hydrogens (tertiary/aromatic N) is 1. The second kappa shape index (κ2) is 5.95. The van der Waals surface area contributed by atoms with E-state index in [0.29, 0.717) is 0 Å². The highest BCUT2D eigenvalue weighted by Gasteiger charge is 2.18. The number of ether oxygens (including phenoxy) is 1. The number of amides is 1. The summed E-state index contributed by atoms with van der Waals surface area (Å²) >= 11 is 0. The molecule has 86 valence electrons. The molecule has 1 aromatic rings. The van der Waals surface area contributed by atoms with Crippen LogP contribution in [0, 0.1) is 0 Å². The summed E-state index contributed by atoms with van der Waals surface area (Å²) in [6.45, 7) is 3.39. The van der Waals surface area contributed by atoms with E-state index in [0.717, 1.165) is 5.56 Å². The quantitative estimate of drug-likeness (QED) is 0.575. The molecule has 0 heterocycles. The van der Waals surface area contributed by atoms with Gasteiger partial charge in [-0.1, -0.05) is 36.4 Å². The molecule has 0 fully saturated rings. The van der Waals surface area contributed by atoms with E-state index in [1.54, 1.807) is 24.3 Å². The Morgan fingerprint density at radius 1 is 1.38 bits per heavy atom. The van der Waals surface area contributed by atoms with Crippen LogP contribution in [0.15, 0.2) is 42.7 Å². The maximum Gasteiger partial charge on any atom is 0.222 e. The third kappa shape index (κ3) is 3.12. The van der Waals surface area contributed by atoms with Crippen molar-refractivity contribution in [2.75, 3.05) is 7.05 Å². The van der Waals surface area contributed by atoms with Gasteiger partial charge in [-0.05, 0) is 6.92 Å². The fourth-order valence-corrected chi connectivity index (χ4v) is 1.33. The van der Waals surface area contributed by atoms with Crippen molar-refractivity contribution in [1.29, 1.82) is 0 Å². The highest BCUT2D eigenvalue weighted by atomic mass is 16.5. The summed E-state index contributed by atoms with van der Waals surface area (Å²) in [5, 5.41) is 0. The van der Waals surface area contributed by atoms with Crippen molar-refractivity contribution >= 4 is 5.91 Å².